The van der Waals surface area contributed by atoms with Crippen LogP contribution in [0.25, 0.3) is 0 Å². The zero-order valence-electron chi connectivity index (χ0n) is 17.4. The number of aryl methyl sites for hydroxylation is 1. The molecule has 0 saturated carbocycles. The highest BCUT2D eigenvalue weighted by atomic mass is 127. The van der Waals surface area contributed by atoms with Crippen LogP contribution in [0, 0.1) is 0 Å². The minimum Gasteiger partial charge on any atom is -0.357 e. The number of aliphatic imine (C=N–C) groups is 1. The number of guanidine groups is 1. The molecule has 8 heteroatoms. The summed E-state index contributed by atoms with van der Waals surface area (Å²) < 4.78 is 2.07. The average Bonchev–Trinajstić information content (AvgIpc) is 3.21. The highest BCUT2D eigenvalue weighted by Crippen LogP contribution is 2.27. The maximum Gasteiger partial charge on any atom is 0.191 e. The quantitative estimate of drug-likeness (QED) is 0.242. The Morgan fingerprint density at radius 2 is 1.73 bits per heavy atom. The van der Waals surface area contributed by atoms with Gasteiger partial charge in [0.25, 0.3) is 0 Å². The van der Waals surface area contributed by atoms with Crippen molar-refractivity contribution in [2.24, 2.45) is 4.99 Å². The monoisotopic (exact) mass is 536 g/mol. The third-order valence-electron chi connectivity index (χ3n) is 4.32. The number of hydrogen-bond acceptors (Lipinski definition) is 4. The Bertz CT molecular complexity index is 896. The topological polar surface area (TPSA) is 67.1 Å². The minimum absolute atomic E-state index is 0. The van der Waals surface area contributed by atoms with Crippen LogP contribution in [0.2, 0.25) is 0 Å². The maximum absolute atomic E-state index is 4.71. The van der Waals surface area contributed by atoms with Crippen LogP contribution in [0.15, 0.2) is 75.7 Å². The third-order valence-corrected chi connectivity index (χ3v) is 5.34. The Hall–Kier alpha value is -2.07. The predicted octanol–water partition coefficient (Wildman–Crippen LogP) is 4.37. The molecule has 3 aromatic rings. The normalized spacial score (nSPS) is 11.1. The molecule has 0 aliphatic carbocycles. The van der Waals surface area contributed by atoms with Gasteiger partial charge in [-0.25, -0.2) is 4.99 Å². The zero-order valence-corrected chi connectivity index (χ0v) is 20.6. The molecule has 0 bridgehead atoms. The number of nitrogens with one attached hydrogen (secondary N) is 2. The van der Waals surface area contributed by atoms with Crippen LogP contribution < -0.4 is 10.6 Å². The highest BCUT2D eigenvalue weighted by Gasteiger charge is 2.03. The molecule has 0 spiro atoms. The molecule has 2 aromatic carbocycles. The van der Waals surface area contributed by atoms with E-state index in [1.807, 2.05) is 6.07 Å². The van der Waals surface area contributed by atoms with Crippen molar-refractivity contribution in [1.82, 2.24) is 25.4 Å². The van der Waals surface area contributed by atoms with Gasteiger partial charge in [-0.3, -0.25) is 0 Å². The maximum atomic E-state index is 4.71. The Balaban J connectivity index is 0.00000320. The molecule has 3 rings (SSSR count). The van der Waals surface area contributed by atoms with E-state index < -0.39 is 0 Å². The van der Waals surface area contributed by atoms with Crippen LogP contribution in [-0.4, -0.2) is 33.8 Å². The molecule has 0 amide bonds. The Morgan fingerprint density at radius 3 is 2.43 bits per heavy atom. The summed E-state index contributed by atoms with van der Waals surface area (Å²) in [6.45, 7) is 7.20. The van der Waals surface area contributed by atoms with Crippen LogP contribution in [0.5, 0.6) is 0 Å². The summed E-state index contributed by atoms with van der Waals surface area (Å²) in [7, 11) is 0. The van der Waals surface area contributed by atoms with Gasteiger partial charge in [-0.05, 0) is 36.8 Å². The molecule has 0 aliphatic rings. The SMILES string of the molecule is CCNC(=NCc1ccc(Sc2ccccc2)cc1)NCCn1cnnc1CC.I. The van der Waals surface area contributed by atoms with Crippen molar-refractivity contribution in [3.8, 4) is 0 Å². The summed E-state index contributed by atoms with van der Waals surface area (Å²) >= 11 is 1.77. The van der Waals surface area contributed by atoms with E-state index in [0.29, 0.717) is 6.54 Å². The van der Waals surface area contributed by atoms with Crippen LogP contribution >= 0.6 is 35.7 Å². The number of hydrogen-bond donors (Lipinski definition) is 2. The number of rotatable bonds is 9. The second kappa shape index (κ2) is 13.3. The first kappa shape index (κ1) is 24.2. The summed E-state index contributed by atoms with van der Waals surface area (Å²) in [6, 6.07) is 19.0. The fraction of sp³-hybridized carbons (Fsp3) is 0.318. The lowest BCUT2D eigenvalue weighted by molar-refractivity contribution is 0.632. The van der Waals surface area contributed by atoms with E-state index in [2.05, 4.69) is 87.8 Å². The van der Waals surface area contributed by atoms with Gasteiger partial charge in [-0.1, -0.05) is 49.0 Å². The Labute approximate surface area is 200 Å². The number of halogens is 1. The van der Waals surface area contributed by atoms with Crippen molar-refractivity contribution in [1.29, 1.82) is 0 Å². The molecule has 1 heterocycles. The average molecular weight is 536 g/mol. The second-order valence-corrected chi connectivity index (χ2v) is 7.62. The molecular weight excluding hydrogens is 507 g/mol. The highest BCUT2D eigenvalue weighted by molar-refractivity contribution is 14.0. The van der Waals surface area contributed by atoms with Crippen molar-refractivity contribution in [2.45, 2.75) is 43.1 Å². The minimum atomic E-state index is 0. The molecule has 0 radical (unpaired) electrons. The molecule has 6 nitrogen and oxygen atoms in total. The number of nitrogens with zero attached hydrogens (tertiary/aromatic N) is 4. The van der Waals surface area contributed by atoms with Gasteiger partial charge in [0.05, 0.1) is 6.54 Å². The van der Waals surface area contributed by atoms with Gasteiger partial charge in [-0.2, -0.15) is 0 Å². The molecule has 0 aliphatic heterocycles. The third kappa shape index (κ3) is 7.64. The predicted molar refractivity (Wildman–Crippen MR) is 135 cm³/mol. The van der Waals surface area contributed by atoms with Gasteiger partial charge in [0.2, 0.25) is 0 Å². The smallest absolute Gasteiger partial charge is 0.191 e. The molecule has 30 heavy (non-hydrogen) atoms. The lowest BCUT2D eigenvalue weighted by atomic mass is 10.2. The van der Waals surface area contributed by atoms with Crippen molar-refractivity contribution < 1.29 is 0 Å². The molecule has 0 atom stereocenters. The van der Waals surface area contributed by atoms with Gasteiger partial charge in [0.15, 0.2) is 5.96 Å². The summed E-state index contributed by atoms with van der Waals surface area (Å²) in [4.78, 5) is 7.18. The second-order valence-electron chi connectivity index (χ2n) is 6.48. The van der Waals surface area contributed by atoms with Crippen LogP contribution in [0.1, 0.15) is 25.2 Å². The van der Waals surface area contributed by atoms with Crippen LogP contribution in [0.4, 0.5) is 0 Å². The van der Waals surface area contributed by atoms with Crippen molar-refractivity contribution in [2.75, 3.05) is 13.1 Å². The lowest BCUT2D eigenvalue weighted by Crippen LogP contribution is -2.38. The number of benzene rings is 2. The first-order valence-electron chi connectivity index (χ1n) is 9.99. The van der Waals surface area contributed by atoms with Gasteiger partial charge in [-0.15, -0.1) is 34.2 Å². The zero-order chi connectivity index (χ0) is 20.3. The summed E-state index contributed by atoms with van der Waals surface area (Å²) in [5, 5.41) is 14.8. The molecule has 2 N–H and O–H groups in total. The molecule has 160 valence electrons. The van der Waals surface area contributed by atoms with E-state index in [9.17, 15) is 0 Å². The van der Waals surface area contributed by atoms with E-state index >= 15 is 0 Å². The Kier molecular flexibility index (Phi) is 10.7. The fourth-order valence-electron chi connectivity index (χ4n) is 2.83. The number of aromatic nitrogens is 3. The molecule has 0 unspecified atom stereocenters. The first-order valence-corrected chi connectivity index (χ1v) is 10.8. The summed E-state index contributed by atoms with van der Waals surface area (Å²) in [5.74, 6) is 1.82. The standard InChI is InChI=1S/C22H28N6S.HI/c1-3-21-27-26-17-28(21)15-14-24-22(23-4-2)25-16-18-10-12-20(13-11-18)29-19-8-6-5-7-9-19;/h5-13,17H,3-4,14-16H2,1-2H3,(H2,23,24,25);1H. The van der Waals surface area contributed by atoms with Crippen LogP contribution in [0.3, 0.4) is 0 Å². The van der Waals surface area contributed by atoms with Crippen molar-refractivity contribution >= 4 is 41.7 Å². The van der Waals surface area contributed by atoms with Crippen molar-refractivity contribution in [3.05, 3.63) is 72.3 Å². The van der Waals surface area contributed by atoms with Gasteiger partial charge >= 0.3 is 0 Å². The van der Waals surface area contributed by atoms with E-state index in [0.717, 1.165) is 37.8 Å². The molecular formula is C22H29IN6S. The lowest BCUT2D eigenvalue weighted by Gasteiger charge is -2.12. The largest absolute Gasteiger partial charge is 0.357 e. The van der Waals surface area contributed by atoms with Crippen molar-refractivity contribution in [3.63, 3.8) is 0 Å². The van der Waals surface area contributed by atoms with E-state index in [1.54, 1.807) is 18.1 Å². The van der Waals surface area contributed by atoms with E-state index in [-0.39, 0.29) is 24.0 Å². The first-order chi connectivity index (χ1) is 14.3. The van der Waals surface area contributed by atoms with Gasteiger partial charge < -0.3 is 15.2 Å². The molecule has 0 fully saturated rings. The summed E-state index contributed by atoms with van der Waals surface area (Å²) in [5.41, 5.74) is 1.19. The molecule has 1 aromatic heterocycles. The van der Waals surface area contributed by atoms with Crippen LogP contribution in [-0.2, 0) is 19.5 Å². The van der Waals surface area contributed by atoms with E-state index in [4.69, 9.17) is 4.99 Å². The summed E-state index contributed by atoms with van der Waals surface area (Å²) in [6.07, 6.45) is 2.66. The van der Waals surface area contributed by atoms with Gasteiger partial charge in [0.1, 0.15) is 12.2 Å². The van der Waals surface area contributed by atoms with E-state index in [1.165, 1.54) is 15.4 Å². The Morgan fingerprint density at radius 1 is 1.00 bits per heavy atom. The fourth-order valence-corrected chi connectivity index (χ4v) is 3.67. The molecule has 0 saturated heterocycles. The van der Waals surface area contributed by atoms with Gasteiger partial charge in [0, 0.05) is 35.8 Å².